The van der Waals surface area contributed by atoms with Gasteiger partial charge in [-0.1, -0.05) is 49.2 Å². The van der Waals surface area contributed by atoms with Crippen LogP contribution in [0.5, 0.6) is 0 Å². The molecule has 1 aromatic carbocycles. The molecule has 86 valence electrons. The Morgan fingerprint density at radius 2 is 2.00 bits per heavy atom. The molecule has 1 aliphatic rings. The summed E-state index contributed by atoms with van der Waals surface area (Å²) in [5.41, 5.74) is 1.41. The Morgan fingerprint density at radius 1 is 1.19 bits per heavy atom. The molecule has 1 nitrogen and oxygen atoms in total. The summed E-state index contributed by atoms with van der Waals surface area (Å²) >= 11 is 0. The maximum atomic E-state index is 3.98. The van der Waals surface area contributed by atoms with Crippen molar-refractivity contribution in [3.8, 4) is 0 Å². The summed E-state index contributed by atoms with van der Waals surface area (Å²) in [6, 6.07) is 11.3. The standard InChI is InChI=1S/C15H21N/c1-2-15-11-7-4-8-12-16(15)13-14-9-5-3-6-10-14/h2-3,5-6,9-10,15H,1,4,7-8,11-13H2/t15-/m0/s1. The molecule has 0 bridgehead atoms. The van der Waals surface area contributed by atoms with Crippen LogP contribution >= 0.6 is 0 Å². The van der Waals surface area contributed by atoms with Gasteiger partial charge in [-0.2, -0.15) is 0 Å². The van der Waals surface area contributed by atoms with Gasteiger partial charge < -0.3 is 0 Å². The molecule has 0 radical (unpaired) electrons. The van der Waals surface area contributed by atoms with Crippen LogP contribution in [0.15, 0.2) is 43.0 Å². The van der Waals surface area contributed by atoms with Crippen LogP contribution < -0.4 is 0 Å². The first-order valence-electron chi connectivity index (χ1n) is 6.30. The van der Waals surface area contributed by atoms with Crippen LogP contribution in [0.1, 0.15) is 31.2 Å². The van der Waals surface area contributed by atoms with Crippen LogP contribution in [0.25, 0.3) is 0 Å². The molecular formula is C15H21N. The fourth-order valence-electron chi connectivity index (χ4n) is 2.47. The van der Waals surface area contributed by atoms with Crippen molar-refractivity contribution in [1.29, 1.82) is 0 Å². The molecule has 2 rings (SSSR count). The van der Waals surface area contributed by atoms with E-state index in [1.807, 2.05) is 0 Å². The Morgan fingerprint density at radius 3 is 2.75 bits per heavy atom. The lowest BCUT2D eigenvalue weighted by Crippen LogP contribution is -2.32. The second-order valence-electron chi connectivity index (χ2n) is 4.61. The summed E-state index contributed by atoms with van der Waals surface area (Å²) in [6.45, 7) is 6.26. The van der Waals surface area contributed by atoms with Crippen LogP contribution in [-0.2, 0) is 6.54 Å². The highest BCUT2D eigenvalue weighted by Gasteiger charge is 2.17. The van der Waals surface area contributed by atoms with Gasteiger partial charge in [0.1, 0.15) is 0 Å². The van der Waals surface area contributed by atoms with E-state index in [0.29, 0.717) is 6.04 Å². The quantitative estimate of drug-likeness (QED) is 0.696. The van der Waals surface area contributed by atoms with E-state index in [1.165, 1.54) is 37.8 Å². The summed E-state index contributed by atoms with van der Waals surface area (Å²) in [5, 5.41) is 0. The number of rotatable bonds is 3. The summed E-state index contributed by atoms with van der Waals surface area (Å²) < 4.78 is 0. The molecule has 0 aromatic heterocycles. The van der Waals surface area contributed by atoms with Crippen molar-refractivity contribution in [3.63, 3.8) is 0 Å². The van der Waals surface area contributed by atoms with Gasteiger partial charge in [-0.15, -0.1) is 6.58 Å². The third-order valence-electron chi connectivity index (χ3n) is 3.41. The molecule has 1 aromatic rings. The Bertz CT molecular complexity index is 317. The number of hydrogen-bond donors (Lipinski definition) is 0. The maximum Gasteiger partial charge on any atom is 0.0279 e. The highest BCUT2D eigenvalue weighted by Crippen LogP contribution is 2.19. The zero-order valence-corrected chi connectivity index (χ0v) is 9.94. The highest BCUT2D eigenvalue weighted by atomic mass is 15.1. The van der Waals surface area contributed by atoms with Crippen molar-refractivity contribution in [2.75, 3.05) is 6.54 Å². The van der Waals surface area contributed by atoms with Gasteiger partial charge >= 0.3 is 0 Å². The SMILES string of the molecule is C=C[C@H]1CCCCCN1Cc1ccccc1. The topological polar surface area (TPSA) is 3.24 Å². The zero-order valence-electron chi connectivity index (χ0n) is 9.94. The fourth-order valence-corrected chi connectivity index (χ4v) is 2.47. The molecule has 1 aliphatic heterocycles. The summed E-state index contributed by atoms with van der Waals surface area (Å²) in [6.07, 6.45) is 7.44. The van der Waals surface area contributed by atoms with E-state index in [-0.39, 0.29) is 0 Å². The van der Waals surface area contributed by atoms with E-state index >= 15 is 0 Å². The minimum absolute atomic E-state index is 0.572. The van der Waals surface area contributed by atoms with Crippen molar-refractivity contribution in [3.05, 3.63) is 48.6 Å². The molecule has 0 N–H and O–H groups in total. The molecule has 1 saturated heterocycles. The van der Waals surface area contributed by atoms with E-state index < -0.39 is 0 Å². The van der Waals surface area contributed by atoms with E-state index in [0.717, 1.165) is 6.54 Å². The molecule has 1 heteroatoms. The van der Waals surface area contributed by atoms with Gasteiger partial charge in [0.25, 0.3) is 0 Å². The van der Waals surface area contributed by atoms with Crippen molar-refractivity contribution < 1.29 is 0 Å². The maximum absolute atomic E-state index is 3.98. The molecular weight excluding hydrogens is 194 g/mol. The largest absolute Gasteiger partial charge is 0.293 e. The highest BCUT2D eigenvalue weighted by molar-refractivity contribution is 5.15. The third-order valence-corrected chi connectivity index (χ3v) is 3.41. The molecule has 1 atom stereocenters. The van der Waals surface area contributed by atoms with Gasteiger partial charge in [-0.05, 0) is 24.9 Å². The summed E-state index contributed by atoms with van der Waals surface area (Å²) in [4.78, 5) is 2.56. The average molecular weight is 215 g/mol. The molecule has 1 heterocycles. The van der Waals surface area contributed by atoms with Crippen molar-refractivity contribution >= 4 is 0 Å². The molecule has 1 fully saturated rings. The number of benzene rings is 1. The van der Waals surface area contributed by atoms with E-state index in [1.54, 1.807) is 0 Å². The second kappa shape index (κ2) is 5.86. The lowest BCUT2D eigenvalue weighted by atomic mass is 10.1. The number of likely N-dealkylation sites (tertiary alicyclic amines) is 1. The Kier molecular flexibility index (Phi) is 4.17. The Balaban J connectivity index is 2.03. The average Bonchev–Trinajstić information content (AvgIpc) is 2.55. The van der Waals surface area contributed by atoms with E-state index in [2.05, 4.69) is 47.9 Å². The zero-order chi connectivity index (χ0) is 11.2. The molecule has 0 saturated carbocycles. The van der Waals surface area contributed by atoms with Gasteiger partial charge in [0.2, 0.25) is 0 Å². The first kappa shape index (κ1) is 11.4. The first-order valence-corrected chi connectivity index (χ1v) is 6.30. The predicted molar refractivity (Wildman–Crippen MR) is 69.3 cm³/mol. The lowest BCUT2D eigenvalue weighted by Gasteiger charge is -2.27. The molecule has 0 amide bonds. The first-order chi connectivity index (χ1) is 7.90. The van der Waals surface area contributed by atoms with E-state index in [4.69, 9.17) is 0 Å². The smallest absolute Gasteiger partial charge is 0.0279 e. The Labute approximate surface area is 98.8 Å². The van der Waals surface area contributed by atoms with Crippen LogP contribution in [0.2, 0.25) is 0 Å². The van der Waals surface area contributed by atoms with Gasteiger partial charge in [0, 0.05) is 12.6 Å². The van der Waals surface area contributed by atoms with Gasteiger partial charge in [-0.25, -0.2) is 0 Å². The third kappa shape index (κ3) is 2.96. The van der Waals surface area contributed by atoms with Crippen LogP contribution in [0.3, 0.4) is 0 Å². The number of hydrogen-bond acceptors (Lipinski definition) is 1. The summed E-state index contributed by atoms with van der Waals surface area (Å²) in [5.74, 6) is 0. The van der Waals surface area contributed by atoms with Crippen LogP contribution in [0, 0.1) is 0 Å². The molecule has 0 unspecified atom stereocenters. The van der Waals surface area contributed by atoms with Gasteiger partial charge in [-0.3, -0.25) is 4.90 Å². The lowest BCUT2D eigenvalue weighted by molar-refractivity contribution is 0.226. The molecule has 0 spiro atoms. The molecule has 16 heavy (non-hydrogen) atoms. The van der Waals surface area contributed by atoms with Crippen molar-refractivity contribution in [2.45, 2.75) is 38.3 Å². The van der Waals surface area contributed by atoms with Crippen molar-refractivity contribution in [1.82, 2.24) is 4.90 Å². The van der Waals surface area contributed by atoms with E-state index in [9.17, 15) is 0 Å². The summed E-state index contributed by atoms with van der Waals surface area (Å²) in [7, 11) is 0. The minimum atomic E-state index is 0.572. The fraction of sp³-hybridized carbons (Fsp3) is 0.467. The van der Waals surface area contributed by atoms with Gasteiger partial charge in [0.05, 0.1) is 0 Å². The van der Waals surface area contributed by atoms with Crippen LogP contribution in [-0.4, -0.2) is 17.5 Å². The second-order valence-corrected chi connectivity index (χ2v) is 4.61. The predicted octanol–water partition coefficient (Wildman–Crippen LogP) is 3.62. The normalized spacial score (nSPS) is 22.6. The monoisotopic (exact) mass is 215 g/mol. The molecule has 0 aliphatic carbocycles. The minimum Gasteiger partial charge on any atom is -0.293 e. The van der Waals surface area contributed by atoms with Crippen molar-refractivity contribution in [2.24, 2.45) is 0 Å². The Hall–Kier alpha value is -1.08. The van der Waals surface area contributed by atoms with Gasteiger partial charge in [0.15, 0.2) is 0 Å². The van der Waals surface area contributed by atoms with Crippen LogP contribution in [0.4, 0.5) is 0 Å². The number of nitrogens with zero attached hydrogens (tertiary/aromatic N) is 1.